The van der Waals surface area contributed by atoms with Gasteiger partial charge in [-0.3, -0.25) is 0 Å². The molecule has 1 heterocycles. The standard InChI is InChI=1S/C9H7FN2O2/c10-5-1-2-8(13)6(3-5)7-4-12-14-9(7)11/h1-4,13H,11H2. The molecule has 2 rings (SSSR count). The number of nitrogens with zero attached hydrogens (tertiary/aromatic N) is 1. The van der Waals surface area contributed by atoms with E-state index in [-0.39, 0.29) is 17.2 Å². The van der Waals surface area contributed by atoms with Gasteiger partial charge in [0.2, 0.25) is 5.88 Å². The van der Waals surface area contributed by atoms with Crippen LogP contribution in [0.5, 0.6) is 5.75 Å². The number of anilines is 1. The van der Waals surface area contributed by atoms with Crippen LogP contribution in [-0.4, -0.2) is 10.3 Å². The molecule has 72 valence electrons. The molecular weight excluding hydrogens is 187 g/mol. The normalized spacial score (nSPS) is 10.4. The van der Waals surface area contributed by atoms with Gasteiger partial charge in [0.25, 0.3) is 0 Å². The van der Waals surface area contributed by atoms with Gasteiger partial charge < -0.3 is 15.4 Å². The number of hydrogen-bond acceptors (Lipinski definition) is 4. The van der Waals surface area contributed by atoms with E-state index in [4.69, 9.17) is 5.73 Å². The lowest BCUT2D eigenvalue weighted by Gasteiger charge is -2.01. The van der Waals surface area contributed by atoms with Crippen molar-refractivity contribution in [3.63, 3.8) is 0 Å². The zero-order valence-corrected chi connectivity index (χ0v) is 7.07. The van der Waals surface area contributed by atoms with Gasteiger partial charge in [-0.2, -0.15) is 0 Å². The number of rotatable bonds is 1. The lowest BCUT2D eigenvalue weighted by atomic mass is 10.1. The van der Waals surface area contributed by atoms with E-state index in [0.717, 1.165) is 12.1 Å². The number of phenols is 1. The molecule has 14 heavy (non-hydrogen) atoms. The van der Waals surface area contributed by atoms with Crippen molar-refractivity contribution in [2.45, 2.75) is 0 Å². The highest BCUT2D eigenvalue weighted by atomic mass is 19.1. The number of aromatic nitrogens is 1. The molecule has 0 fully saturated rings. The van der Waals surface area contributed by atoms with Crippen molar-refractivity contribution in [2.75, 3.05) is 5.73 Å². The Morgan fingerprint density at radius 2 is 2.14 bits per heavy atom. The first-order valence-electron chi connectivity index (χ1n) is 3.87. The summed E-state index contributed by atoms with van der Waals surface area (Å²) in [6, 6.07) is 3.57. The molecule has 0 aliphatic rings. The maximum absolute atomic E-state index is 12.9. The molecule has 5 heteroatoms. The fourth-order valence-corrected chi connectivity index (χ4v) is 1.17. The molecule has 1 aromatic heterocycles. The number of aromatic hydroxyl groups is 1. The molecule has 0 atom stereocenters. The Morgan fingerprint density at radius 3 is 2.79 bits per heavy atom. The predicted octanol–water partition coefficient (Wildman–Crippen LogP) is 1.77. The van der Waals surface area contributed by atoms with Gasteiger partial charge in [-0.25, -0.2) is 4.39 Å². The number of halogens is 1. The number of nitrogen functional groups attached to an aromatic ring is 1. The van der Waals surface area contributed by atoms with Crippen LogP contribution >= 0.6 is 0 Å². The van der Waals surface area contributed by atoms with Crippen molar-refractivity contribution in [1.82, 2.24) is 5.16 Å². The van der Waals surface area contributed by atoms with Crippen LogP contribution < -0.4 is 5.73 Å². The van der Waals surface area contributed by atoms with E-state index >= 15 is 0 Å². The van der Waals surface area contributed by atoms with Crippen molar-refractivity contribution in [3.05, 3.63) is 30.2 Å². The maximum Gasteiger partial charge on any atom is 0.230 e. The summed E-state index contributed by atoms with van der Waals surface area (Å²) in [5.41, 5.74) is 6.07. The molecule has 0 unspecified atom stereocenters. The Morgan fingerprint density at radius 1 is 1.36 bits per heavy atom. The van der Waals surface area contributed by atoms with Crippen molar-refractivity contribution in [2.24, 2.45) is 0 Å². The monoisotopic (exact) mass is 194 g/mol. The summed E-state index contributed by atoms with van der Waals surface area (Å²) in [4.78, 5) is 0. The first-order chi connectivity index (χ1) is 6.68. The lowest BCUT2D eigenvalue weighted by molar-refractivity contribution is 0.436. The summed E-state index contributed by atoms with van der Waals surface area (Å²) in [6.07, 6.45) is 1.32. The number of hydrogen-bond donors (Lipinski definition) is 2. The van der Waals surface area contributed by atoms with E-state index < -0.39 is 5.82 Å². The van der Waals surface area contributed by atoms with Gasteiger partial charge >= 0.3 is 0 Å². The molecule has 0 bridgehead atoms. The second-order valence-corrected chi connectivity index (χ2v) is 2.77. The zero-order chi connectivity index (χ0) is 10.1. The van der Waals surface area contributed by atoms with Gasteiger partial charge in [-0.05, 0) is 18.2 Å². The quantitative estimate of drug-likeness (QED) is 0.725. The van der Waals surface area contributed by atoms with Gasteiger partial charge in [0.15, 0.2) is 0 Å². The summed E-state index contributed by atoms with van der Waals surface area (Å²) in [5, 5.41) is 12.9. The minimum atomic E-state index is -0.460. The molecule has 0 amide bonds. The molecule has 0 spiro atoms. The van der Waals surface area contributed by atoms with Crippen LogP contribution in [0.1, 0.15) is 0 Å². The van der Waals surface area contributed by atoms with E-state index in [1.54, 1.807) is 0 Å². The van der Waals surface area contributed by atoms with Crippen LogP contribution in [0.4, 0.5) is 10.3 Å². The summed E-state index contributed by atoms with van der Waals surface area (Å²) in [5.74, 6) is -0.481. The Labute approximate surface area is 78.8 Å². The van der Waals surface area contributed by atoms with Crippen molar-refractivity contribution in [1.29, 1.82) is 0 Å². The SMILES string of the molecule is Nc1oncc1-c1cc(F)ccc1O. The smallest absolute Gasteiger partial charge is 0.230 e. The van der Waals surface area contributed by atoms with E-state index in [2.05, 4.69) is 9.68 Å². The molecule has 3 N–H and O–H groups in total. The lowest BCUT2D eigenvalue weighted by Crippen LogP contribution is -1.86. The third-order valence-corrected chi connectivity index (χ3v) is 1.85. The summed E-state index contributed by atoms with van der Waals surface area (Å²) in [7, 11) is 0. The van der Waals surface area contributed by atoms with Gasteiger partial charge in [0.05, 0.1) is 11.8 Å². The number of benzene rings is 1. The van der Waals surface area contributed by atoms with Crippen LogP contribution in [0.15, 0.2) is 28.9 Å². The van der Waals surface area contributed by atoms with E-state index in [9.17, 15) is 9.50 Å². The van der Waals surface area contributed by atoms with E-state index in [1.165, 1.54) is 12.3 Å². The molecule has 4 nitrogen and oxygen atoms in total. The van der Waals surface area contributed by atoms with Crippen molar-refractivity contribution < 1.29 is 14.0 Å². The largest absolute Gasteiger partial charge is 0.507 e. The minimum absolute atomic E-state index is 0.0471. The molecule has 0 aliphatic heterocycles. The first-order valence-corrected chi connectivity index (χ1v) is 3.87. The maximum atomic E-state index is 12.9. The van der Waals surface area contributed by atoms with Crippen LogP contribution in [0.25, 0.3) is 11.1 Å². The summed E-state index contributed by atoms with van der Waals surface area (Å²) < 4.78 is 17.5. The Balaban J connectivity index is 2.62. The first kappa shape index (κ1) is 8.55. The fraction of sp³-hybridized carbons (Fsp3) is 0. The fourth-order valence-electron chi connectivity index (χ4n) is 1.17. The van der Waals surface area contributed by atoms with Crippen LogP contribution in [-0.2, 0) is 0 Å². The Hall–Kier alpha value is -2.04. The number of nitrogens with two attached hydrogens (primary N) is 1. The molecule has 0 radical (unpaired) electrons. The third-order valence-electron chi connectivity index (χ3n) is 1.85. The van der Waals surface area contributed by atoms with Gasteiger partial charge in [-0.1, -0.05) is 5.16 Å². The van der Waals surface area contributed by atoms with Crippen molar-refractivity contribution in [3.8, 4) is 16.9 Å². The summed E-state index contributed by atoms with van der Waals surface area (Å²) >= 11 is 0. The van der Waals surface area contributed by atoms with Gasteiger partial charge in [-0.15, -0.1) is 0 Å². The van der Waals surface area contributed by atoms with E-state index in [0.29, 0.717) is 5.56 Å². The average Bonchev–Trinajstić information content (AvgIpc) is 2.56. The van der Waals surface area contributed by atoms with E-state index in [1.807, 2.05) is 0 Å². The highest BCUT2D eigenvalue weighted by Gasteiger charge is 2.11. The zero-order valence-electron chi connectivity index (χ0n) is 7.07. The topological polar surface area (TPSA) is 72.3 Å². The Kier molecular flexibility index (Phi) is 1.85. The van der Waals surface area contributed by atoms with Crippen LogP contribution in [0.3, 0.4) is 0 Å². The van der Waals surface area contributed by atoms with Crippen molar-refractivity contribution >= 4 is 5.88 Å². The average molecular weight is 194 g/mol. The second kappa shape index (κ2) is 3.02. The predicted molar refractivity (Wildman–Crippen MR) is 48.0 cm³/mol. The summed E-state index contributed by atoms with van der Waals surface area (Å²) in [6.45, 7) is 0. The number of phenolic OH excluding ortho intramolecular Hbond substituents is 1. The third kappa shape index (κ3) is 1.28. The molecule has 0 aliphatic carbocycles. The molecule has 2 aromatic rings. The molecule has 0 saturated heterocycles. The second-order valence-electron chi connectivity index (χ2n) is 2.77. The van der Waals surface area contributed by atoms with Crippen LogP contribution in [0.2, 0.25) is 0 Å². The molecule has 1 aromatic carbocycles. The van der Waals surface area contributed by atoms with Gasteiger partial charge in [0.1, 0.15) is 11.6 Å². The highest BCUT2D eigenvalue weighted by molar-refractivity contribution is 5.76. The molecule has 0 saturated carbocycles. The highest BCUT2D eigenvalue weighted by Crippen LogP contribution is 2.33. The van der Waals surface area contributed by atoms with Crippen LogP contribution in [0, 0.1) is 5.82 Å². The molecular formula is C9H7FN2O2. The Bertz CT molecular complexity index is 468. The minimum Gasteiger partial charge on any atom is -0.507 e. The van der Waals surface area contributed by atoms with Gasteiger partial charge in [0, 0.05) is 5.56 Å².